The van der Waals surface area contributed by atoms with E-state index in [0.717, 1.165) is 60.6 Å². The standard InChI is InChI=1S/C33H41F.C31H37F/c1-3-5-6-7-26-8-10-27(11-9-26)12-13-28-16-20-30(21-17-28)32-23-22-31(24-33(32)34)29-18-14-25(4-2)15-19-29;1-3-5-24-6-8-25(9-7-24)10-11-26-14-18-28(19-15-26)30-21-20-29(22-31(30)32)27-16-12-23(4-2)13-17-27/h8-11,16-17,20-25,29H,3-7,12-15,18-19H2,1-2H3;6-9,14-15,18-23,27H,3-5,10-13,16-17H2,1-2H3. The summed E-state index contributed by atoms with van der Waals surface area (Å²) in [4.78, 5) is 0. The molecule has 0 nitrogen and oxygen atoms in total. The number of hydrogen-bond donors (Lipinski definition) is 0. The van der Waals surface area contributed by atoms with Crippen molar-refractivity contribution in [2.24, 2.45) is 11.8 Å². The zero-order valence-corrected chi connectivity index (χ0v) is 40.9. The van der Waals surface area contributed by atoms with Gasteiger partial charge in [-0.05, 0) is 188 Å². The Kier molecular flexibility index (Phi) is 18.9. The summed E-state index contributed by atoms with van der Waals surface area (Å²) < 4.78 is 30.0. The van der Waals surface area contributed by atoms with E-state index in [1.54, 1.807) is 12.1 Å². The van der Waals surface area contributed by atoms with E-state index in [1.807, 2.05) is 12.1 Å². The minimum atomic E-state index is -0.0833. The van der Waals surface area contributed by atoms with E-state index >= 15 is 4.39 Å². The van der Waals surface area contributed by atoms with E-state index in [9.17, 15) is 4.39 Å². The SMILES string of the molecule is CCCCCc1ccc(CCc2ccc(-c3ccc(C4CCC(CC)CC4)cc3F)cc2)cc1.CCCc1ccc(CCc2ccc(-c3ccc(C4CCC(CC)CC4)cc3F)cc2)cc1. The number of unbranched alkanes of at least 4 members (excludes halogenated alkanes) is 2. The number of aryl methyl sites for hydroxylation is 6. The molecule has 8 rings (SSSR count). The lowest BCUT2D eigenvalue weighted by Gasteiger charge is -2.28. The summed E-state index contributed by atoms with van der Waals surface area (Å²) in [6.45, 7) is 9.05. The van der Waals surface area contributed by atoms with Gasteiger partial charge in [-0.3, -0.25) is 0 Å². The molecule has 0 aliphatic heterocycles. The van der Waals surface area contributed by atoms with Crippen molar-refractivity contribution in [3.05, 3.63) is 190 Å². The summed E-state index contributed by atoms with van der Waals surface area (Å²) in [7, 11) is 0. The highest BCUT2D eigenvalue weighted by Crippen LogP contribution is 2.40. The lowest BCUT2D eigenvalue weighted by Crippen LogP contribution is -2.12. The van der Waals surface area contributed by atoms with Crippen molar-refractivity contribution in [3.63, 3.8) is 0 Å². The van der Waals surface area contributed by atoms with Crippen LogP contribution in [-0.4, -0.2) is 0 Å². The van der Waals surface area contributed by atoms with Gasteiger partial charge in [0.25, 0.3) is 0 Å². The molecule has 0 aromatic heterocycles. The fraction of sp³-hybridized carbons (Fsp3) is 0.438. The van der Waals surface area contributed by atoms with Gasteiger partial charge in [-0.15, -0.1) is 0 Å². The number of rotatable bonds is 18. The third-order valence-electron chi connectivity index (χ3n) is 15.4. The van der Waals surface area contributed by atoms with Crippen LogP contribution in [0.15, 0.2) is 133 Å². The van der Waals surface area contributed by atoms with Crippen molar-refractivity contribution in [3.8, 4) is 22.3 Å². The topological polar surface area (TPSA) is 0 Å². The maximum Gasteiger partial charge on any atom is 0.131 e. The van der Waals surface area contributed by atoms with Crippen LogP contribution in [0.3, 0.4) is 0 Å². The molecule has 2 saturated carbocycles. The molecule has 0 unspecified atom stereocenters. The van der Waals surface area contributed by atoms with Gasteiger partial charge in [0.05, 0.1) is 0 Å². The van der Waals surface area contributed by atoms with E-state index < -0.39 is 0 Å². The molecule has 348 valence electrons. The molecule has 0 spiro atoms. The van der Waals surface area contributed by atoms with Crippen LogP contribution in [-0.2, 0) is 38.5 Å². The van der Waals surface area contributed by atoms with Gasteiger partial charge in [-0.25, -0.2) is 8.78 Å². The van der Waals surface area contributed by atoms with Crippen molar-refractivity contribution < 1.29 is 8.78 Å². The molecule has 2 aliphatic carbocycles. The van der Waals surface area contributed by atoms with Gasteiger partial charge in [-0.2, -0.15) is 0 Å². The second-order valence-electron chi connectivity index (χ2n) is 20.0. The molecule has 6 aromatic carbocycles. The minimum absolute atomic E-state index is 0.0816. The van der Waals surface area contributed by atoms with Gasteiger partial charge in [0.15, 0.2) is 0 Å². The fourth-order valence-electron chi connectivity index (χ4n) is 10.7. The molecular formula is C64H78F2. The Morgan fingerprint density at radius 3 is 1.00 bits per heavy atom. The lowest BCUT2D eigenvalue weighted by molar-refractivity contribution is 0.318. The average molecular weight is 885 g/mol. The smallest absolute Gasteiger partial charge is 0.131 e. The van der Waals surface area contributed by atoms with Crippen LogP contribution in [0.4, 0.5) is 8.78 Å². The molecule has 0 atom stereocenters. The molecule has 2 aliphatic rings. The molecular weight excluding hydrogens is 807 g/mol. The monoisotopic (exact) mass is 885 g/mol. The fourth-order valence-corrected chi connectivity index (χ4v) is 10.7. The molecule has 0 saturated heterocycles. The highest BCUT2D eigenvalue weighted by Gasteiger charge is 2.23. The quantitative estimate of drug-likeness (QED) is 0.0755. The first-order valence-electron chi connectivity index (χ1n) is 26.2. The summed E-state index contributed by atoms with van der Waals surface area (Å²) >= 11 is 0. The van der Waals surface area contributed by atoms with Crippen molar-refractivity contribution in [2.75, 3.05) is 0 Å². The maximum absolute atomic E-state index is 15.0. The molecule has 2 heteroatoms. The molecule has 0 amide bonds. The van der Waals surface area contributed by atoms with Crippen LogP contribution in [0.5, 0.6) is 0 Å². The first-order valence-corrected chi connectivity index (χ1v) is 26.2. The van der Waals surface area contributed by atoms with Gasteiger partial charge in [0, 0.05) is 11.1 Å². The van der Waals surface area contributed by atoms with Gasteiger partial charge in [0.1, 0.15) is 11.6 Å². The molecule has 0 N–H and O–H groups in total. The first kappa shape index (κ1) is 49.1. The Balaban J connectivity index is 0.000000197. The van der Waals surface area contributed by atoms with Crippen LogP contribution in [0.2, 0.25) is 0 Å². The Hall–Kier alpha value is -4.82. The van der Waals surface area contributed by atoms with E-state index in [0.29, 0.717) is 17.4 Å². The van der Waals surface area contributed by atoms with E-state index in [-0.39, 0.29) is 11.6 Å². The van der Waals surface area contributed by atoms with Gasteiger partial charge in [-0.1, -0.05) is 181 Å². The average Bonchev–Trinajstić information content (AvgIpc) is 3.37. The summed E-state index contributed by atoms with van der Waals surface area (Å²) in [6, 6.07) is 47.0. The lowest BCUT2D eigenvalue weighted by atomic mass is 9.77. The number of halogens is 2. The largest absolute Gasteiger partial charge is 0.206 e. The second kappa shape index (κ2) is 25.4. The molecule has 0 heterocycles. The molecule has 66 heavy (non-hydrogen) atoms. The van der Waals surface area contributed by atoms with Crippen LogP contribution < -0.4 is 0 Å². The van der Waals surface area contributed by atoms with Crippen LogP contribution in [0, 0.1) is 23.5 Å². The van der Waals surface area contributed by atoms with Crippen molar-refractivity contribution in [2.45, 2.75) is 168 Å². The third kappa shape index (κ3) is 14.1. The highest BCUT2D eigenvalue weighted by molar-refractivity contribution is 5.66. The molecule has 2 fully saturated rings. The predicted octanol–water partition coefficient (Wildman–Crippen LogP) is 18.6. The number of hydrogen-bond acceptors (Lipinski definition) is 0. The molecule has 6 aromatic rings. The Morgan fingerprint density at radius 1 is 0.348 bits per heavy atom. The second-order valence-corrected chi connectivity index (χ2v) is 20.0. The molecule has 0 bridgehead atoms. The minimum Gasteiger partial charge on any atom is -0.206 e. The normalized spacial score (nSPS) is 18.4. The Morgan fingerprint density at radius 2 is 0.682 bits per heavy atom. The first-order chi connectivity index (χ1) is 32.3. The van der Waals surface area contributed by atoms with Gasteiger partial charge in [0.2, 0.25) is 0 Å². The van der Waals surface area contributed by atoms with E-state index in [1.165, 1.54) is 141 Å². The van der Waals surface area contributed by atoms with Gasteiger partial charge >= 0.3 is 0 Å². The predicted molar refractivity (Wildman–Crippen MR) is 279 cm³/mol. The Bertz CT molecular complexity index is 2320. The summed E-state index contributed by atoms with van der Waals surface area (Å²) in [5.41, 5.74) is 14.0. The van der Waals surface area contributed by atoms with Crippen LogP contribution >= 0.6 is 0 Å². The Labute approximate surface area is 398 Å². The van der Waals surface area contributed by atoms with E-state index in [2.05, 4.69) is 137 Å². The summed E-state index contributed by atoms with van der Waals surface area (Å²) in [5.74, 6) is 2.63. The van der Waals surface area contributed by atoms with Crippen LogP contribution in [0.25, 0.3) is 22.3 Å². The van der Waals surface area contributed by atoms with E-state index in [4.69, 9.17) is 0 Å². The van der Waals surface area contributed by atoms with Crippen LogP contribution in [0.1, 0.15) is 174 Å². The zero-order valence-electron chi connectivity index (χ0n) is 40.9. The third-order valence-corrected chi connectivity index (χ3v) is 15.4. The van der Waals surface area contributed by atoms with Crippen molar-refractivity contribution >= 4 is 0 Å². The summed E-state index contributed by atoms with van der Waals surface area (Å²) in [6.07, 6.45) is 24.0. The maximum atomic E-state index is 15.0. The highest BCUT2D eigenvalue weighted by atomic mass is 19.1. The number of benzene rings is 6. The zero-order chi connectivity index (χ0) is 46.1. The molecule has 0 radical (unpaired) electrons. The van der Waals surface area contributed by atoms with Crippen molar-refractivity contribution in [1.29, 1.82) is 0 Å². The van der Waals surface area contributed by atoms with Crippen molar-refractivity contribution in [1.82, 2.24) is 0 Å². The summed E-state index contributed by atoms with van der Waals surface area (Å²) in [5, 5.41) is 0. The van der Waals surface area contributed by atoms with Gasteiger partial charge < -0.3 is 0 Å².